The Labute approximate surface area is 154 Å². The summed E-state index contributed by atoms with van der Waals surface area (Å²) in [5.41, 5.74) is -0.924. The van der Waals surface area contributed by atoms with Crippen molar-refractivity contribution in [3.63, 3.8) is 0 Å². The quantitative estimate of drug-likeness (QED) is 0.595. The Morgan fingerprint density at radius 1 is 1.15 bits per heavy atom. The molecule has 1 aromatic rings. The van der Waals surface area contributed by atoms with E-state index in [2.05, 4.69) is 5.32 Å². The van der Waals surface area contributed by atoms with Crippen molar-refractivity contribution < 1.29 is 23.9 Å². The van der Waals surface area contributed by atoms with Gasteiger partial charge in [0.05, 0.1) is 6.04 Å². The lowest BCUT2D eigenvalue weighted by molar-refractivity contribution is -0.164. The van der Waals surface area contributed by atoms with Crippen LogP contribution in [0.5, 0.6) is 0 Å². The van der Waals surface area contributed by atoms with E-state index in [1.54, 1.807) is 27.7 Å². The molecule has 0 aromatic heterocycles. The molecule has 1 aromatic carbocycles. The molecule has 0 heterocycles. The van der Waals surface area contributed by atoms with E-state index in [-0.39, 0.29) is 12.4 Å². The second-order valence-electron chi connectivity index (χ2n) is 7.62. The highest BCUT2D eigenvalue weighted by atomic mass is 16.6. The van der Waals surface area contributed by atoms with E-state index in [9.17, 15) is 14.4 Å². The molecule has 1 N–H and O–H groups in total. The molecule has 0 radical (unpaired) electrons. The van der Waals surface area contributed by atoms with Crippen LogP contribution in [0.25, 0.3) is 0 Å². The summed E-state index contributed by atoms with van der Waals surface area (Å²) in [5, 5.41) is 2.58. The lowest BCUT2D eigenvalue weighted by atomic mass is 9.93. The number of ketones is 1. The third-order valence-electron chi connectivity index (χ3n) is 4.24. The number of hydrogen-bond acceptors (Lipinski definition) is 5. The zero-order valence-corrected chi connectivity index (χ0v) is 15.8. The smallest absolute Gasteiger partial charge is 0.408 e. The van der Waals surface area contributed by atoms with Gasteiger partial charge in [0.25, 0.3) is 0 Å². The van der Waals surface area contributed by atoms with Crippen LogP contribution < -0.4 is 5.32 Å². The highest BCUT2D eigenvalue weighted by Gasteiger charge is 2.59. The van der Waals surface area contributed by atoms with Crippen molar-refractivity contribution in [1.29, 1.82) is 0 Å². The van der Waals surface area contributed by atoms with Crippen LogP contribution in [0.1, 0.15) is 52.5 Å². The lowest BCUT2D eigenvalue weighted by Crippen LogP contribution is -2.47. The topological polar surface area (TPSA) is 81.7 Å². The van der Waals surface area contributed by atoms with Gasteiger partial charge >= 0.3 is 12.1 Å². The number of alkyl carbamates (subject to hydrolysis) is 1. The molecular formula is C20H27NO5. The van der Waals surface area contributed by atoms with E-state index < -0.39 is 29.1 Å². The third kappa shape index (κ3) is 5.07. The van der Waals surface area contributed by atoms with E-state index in [0.717, 1.165) is 5.56 Å². The van der Waals surface area contributed by atoms with Crippen molar-refractivity contribution in [3.05, 3.63) is 35.9 Å². The zero-order chi connectivity index (χ0) is 19.4. The first-order chi connectivity index (χ1) is 12.2. The van der Waals surface area contributed by atoms with E-state index in [1.165, 1.54) is 0 Å². The standard InChI is InChI=1S/C20H27NO5/c1-5-15(21-18(24)25-13-14-9-7-6-8-10-14)16(22)20(11-12-20)17(23)26-19(2,3)4/h6-10,15H,5,11-13H2,1-4H3,(H,21,24). The van der Waals surface area contributed by atoms with Crippen LogP contribution in [0.15, 0.2) is 30.3 Å². The summed E-state index contributed by atoms with van der Waals surface area (Å²) in [4.78, 5) is 37.3. The molecule has 26 heavy (non-hydrogen) atoms. The molecule has 1 atom stereocenters. The number of Topliss-reactive ketones (excluding diaryl/α,β-unsaturated/α-hetero) is 1. The largest absolute Gasteiger partial charge is 0.459 e. The predicted octanol–water partition coefficient (Wildman–Crippen LogP) is 3.38. The summed E-state index contributed by atoms with van der Waals surface area (Å²) in [6, 6.07) is 8.50. The molecule has 142 valence electrons. The minimum absolute atomic E-state index is 0.120. The van der Waals surface area contributed by atoms with E-state index in [4.69, 9.17) is 9.47 Å². The van der Waals surface area contributed by atoms with Crippen molar-refractivity contribution in [2.24, 2.45) is 5.41 Å². The Balaban J connectivity index is 1.93. The Hall–Kier alpha value is -2.37. The van der Waals surface area contributed by atoms with Crippen molar-refractivity contribution in [2.45, 2.75) is 65.2 Å². The molecule has 1 aliphatic carbocycles. The molecule has 1 saturated carbocycles. The van der Waals surface area contributed by atoms with Crippen molar-refractivity contribution in [1.82, 2.24) is 5.32 Å². The highest BCUT2D eigenvalue weighted by molar-refractivity contribution is 6.09. The van der Waals surface area contributed by atoms with Crippen molar-refractivity contribution in [3.8, 4) is 0 Å². The molecule has 2 rings (SSSR count). The van der Waals surface area contributed by atoms with Crippen LogP contribution >= 0.6 is 0 Å². The second-order valence-corrected chi connectivity index (χ2v) is 7.62. The Kier molecular flexibility index (Phi) is 6.05. The van der Waals surface area contributed by atoms with Gasteiger partial charge in [-0.1, -0.05) is 37.3 Å². The molecule has 6 heteroatoms. The fourth-order valence-electron chi connectivity index (χ4n) is 2.65. The van der Waals surface area contributed by atoms with Crippen molar-refractivity contribution in [2.75, 3.05) is 0 Å². The van der Waals surface area contributed by atoms with Crippen LogP contribution in [0.2, 0.25) is 0 Å². The molecule has 1 unspecified atom stereocenters. The maximum Gasteiger partial charge on any atom is 0.408 e. The number of benzene rings is 1. The molecule has 0 bridgehead atoms. The normalized spacial score (nSPS) is 16.3. The Bertz CT molecular complexity index is 659. The minimum atomic E-state index is -1.12. The molecule has 1 amide bonds. The summed E-state index contributed by atoms with van der Waals surface area (Å²) in [5.74, 6) is -0.807. The highest BCUT2D eigenvalue weighted by Crippen LogP contribution is 2.49. The fraction of sp³-hybridized carbons (Fsp3) is 0.550. The maximum atomic E-state index is 12.8. The summed E-state index contributed by atoms with van der Waals surface area (Å²) >= 11 is 0. The van der Waals surface area contributed by atoms with Gasteiger partial charge in [0, 0.05) is 0 Å². The number of carbonyl (C=O) groups excluding carboxylic acids is 3. The summed E-state index contributed by atoms with van der Waals surface area (Å²) in [7, 11) is 0. The maximum absolute atomic E-state index is 12.8. The minimum Gasteiger partial charge on any atom is -0.459 e. The molecular weight excluding hydrogens is 334 g/mol. The molecule has 0 saturated heterocycles. The van der Waals surface area contributed by atoms with E-state index >= 15 is 0 Å². The van der Waals surface area contributed by atoms with Gasteiger partial charge in [-0.05, 0) is 45.6 Å². The first-order valence-corrected chi connectivity index (χ1v) is 8.93. The number of rotatable bonds is 7. The number of carbonyl (C=O) groups is 3. The summed E-state index contributed by atoms with van der Waals surface area (Å²) in [6.45, 7) is 7.20. The van der Waals surface area contributed by atoms with Crippen LogP contribution in [-0.4, -0.2) is 29.5 Å². The Morgan fingerprint density at radius 3 is 2.27 bits per heavy atom. The average molecular weight is 361 g/mol. The molecule has 6 nitrogen and oxygen atoms in total. The monoisotopic (exact) mass is 361 g/mol. The number of ether oxygens (including phenoxy) is 2. The van der Waals surface area contributed by atoms with Crippen LogP contribution in [0.3, 0.4) is 0 Å². The second kappa shape index (κ2) is 7.89. The predicted molar refractivity (Wildman–Crippen MR) is 96.4 cm³/mol. The lowest BCUT2D eigenvalue weighted by Gasteiger charge is -2.25. The summed E-state index contributed by atoms with van der Waals surface area (Å²) < 4.78 is 10.6. The first kappa shape index (κ1) is 19.9. The van der Waals surface area contributed by atoms with Gasteiger partial charge in [0.1, 0.15) is 17.6 Å². The van der Waals surface area contributed by atoms with Crippen LogP contribution in [0, 0.1) is 5.41 Å². The number of amides is 1. The van der Waals surface area contributed by atoms with Crippen molar-refractivity contribution >= 4 is 17.8 Å². The van der Waals surface area contributed by atoms with Gasteiger partial charge in [0.15, 0.2) is 5.78 Å². The summed E-state index contributed by atoms with van der Waals surface area (Å²) in [6.07, 6.45) is 0.619. The van der Waals surface area contributed by atoms with Crippen LogP contribution in [-0.2, 0) is 25.7 Å². The van der Waals surface area contributed by atoms with Gasteiger partial charge in [-0.2, -0.15) is 0 Å². The average Bonchev–Trinajstić information content (AvgIpc) is 3.38. The zero-order valence-electron chi connectivity index (χ0n) is 15.8. The SMILES string of the molecule is CCC(NC(=O)OCc1ccccc1)C(=O)C1(C(=O)OC(C)(C)C)CC1. The van der Waals surface area contributed by atoms with Gasteiger partial charge in [-0.25, -0.2) is 4.79 Å². The van der Waals surface area contributed by atoms with Gasteiger partial charge < -0.3 is 14.8 Å². The third-order valence-corrected chi connectivity index (χ3v) is 4.24. The first-order valence-electron chi connectivity index (χ1n) is 8.93. The number of hydrogen-bond donors (Lipinski definition) is 1. The van der Waals surface area contributed by atoms with Gasteiger partial charge in [0.2, 0.25) is 0 Å². The van der Waals surface area contributed by atoms with E-state index in [0.29, 0.717) is 19.3 Å². The van der Waals surface area contributed by atoms with Gasteiger partial charge in [-0.3, -0.25) is 9.59 Å². The van der Waals surface area contributed by atoms with Gasteiger partial charge in [-0.15, -0.1) is 0 Å². The van der Waals surface area contributed by atoms with E-state index in [1.807, 2.05) is 30.3 Å². The molecule has 0 aliphatic heterocycles. The Morgan fingerprint density at radius 2 is 1.77 bits per heavy atom. The molecule has 1 aliphatic rings. The number of esters is 1. The number of nitrogens with one attached hydrogen (secondary N) is 1. The fourth-order valence-corrected chi connectivity index (χ4v) is 2.65. The molecule has 0 spiro atoms. The van der Waals surface area contributed by atoms with Crippen LogP contribution in [0.4, 0.5) is 4.79 Å². The molecule has 1 fully saturated rings.